The van der Waals surface area contributed by atoms with E-state index >= 15 is 0 Å². The number of hydrogen-bond acceptors (Lipinski definition) is 6. The first-order valence-corrected chi connectivity index (χ1v) is 11.6. The standard InChI is InChI=1S/C22H22ClIN4O5/c1-2-32-18-9-13(11-25-28-22(31)21(30)27-15-6-7-15)8-17(24)20(18)33-12-19(29)26-16-5-3-4-14(23)10-16/h3-5,8-11,15H,2,6-7,12H2,1H3,(H,26,29)(H,27,30)(H,28,31)/b25-11-. The maximum Gasteiger partial charge on any atom is 0.329 e. The first-order chi connectivity index (χ1) is 15.9. The predicted octanol–water partition coefficient (Wildman–Crippen LogP) is 3.09. The van der Waals surface area contributed by atoms with Crippen LogP contribution in [-0.4, -0.2) is 43.2 Å². The molecule has 0 saturated heterocycles. The Kier molecular flexibility index (Phi) is 8.89. The van der Waals surface area contributed by atoms with E-state index in [0.29, 0.717) is 37.9 Å². The molecule has 0 bridgehead atoms. The molecule has 9 nitrogen and oxygen atoms in total. The third-order valence-corrected chi connectivity index (χ3v) is 5.32. The van der Waals surface area contributed by atoms with Gasteiger partial charge in [-0.1, -0.05) is 17.7 Å². The van der Waals surface area contributed by atoms with Gasteiger partial charge in [-0.2, -0.15) is 5.10 Å². The average Bonchev–Trinajstić information content (AvgIpc) is 3.57. The van der Waals surface area contributed by atoms with Crippen molar-refractivity contribution in [3.63, 3.8) is 0 Å². The van der Waals surface area contributed by atoms with Crippen molar-refractivity contribution >= 4 is 63.8 Å². The number of anilines is 1. The van der Waals surface area contributed by atoms with E-state index < -0.39 is 11.8 Å². The molecule has 0 atom stereocenters. The van der Waals surface area contributed by atoms with Gasteiger partial charge in [-0.05, 0) is 78.3 Å². The molecule has 33 heavy (non-hydrogen) atoms. The van der Waals surface area contributed by atoms with E-state index in [9.17, 15) is 14.4 Å². The maximum atomic E-state index is 12.3. The summed E-state index contributed by atoms with van der Waals surface area (Å²) in [6.07, 6.45) is 3.16. The second kappa shape index (κ2) is 11.8. The van der Waals surface area contributed by atoms with Gasteiger partial charge in [0.15, 0.2) is 18.1 Å². The number of rotatable bonds is 9. The fourth-order valence-corrected chi connectivity index (χ4v) is 3.63. The minimum Gasteiger partial charge on any atom is -0.490 e. The van der Waals surface area contributed by atoms with Crippen molar-refractivity contribution in [3.05, 3.63) is 50.6 Å². The first-order valence-electron chi connectivity index (χ1n) is 10.1. The molecule has 2 aromatic carbocycles. The molecule has 3 rings (SSSR count). The molecule has 0 heterocycles. The summed E-state index contributed by atoms with van der Waals surface area (Å²) in [6.45, 7) is 1.96. The molecule has 11 heteroatoms. The molecule has 0 unspecified atom stereocenters. The first kappa shape index (κ1) is 24.8. The van der Waals surface area contributed by atoms with Crippen LogP contribution in [0.3, 0.4) is 0 Å². The fraction of sp³-hybridized carbons (Fsp3) is 0.273. The van der Waals surface area contributed by atoms with Gasteiger partial charge in [-0.25, -0.2) is 5.43 Å². The summed E-state index contributed by atoms with van der Waals surface area (Å²) in [7, 11) is 0. The molecular weight excluding hydrogens is 563 g/mol. The van der Waals surface area contributed by atoms with Gasteiger partial charge < -0.3 is 20.1 Å². The Morgan fingerprint density at radius 2 is 1.97 bits per heavy atom. The summed E-state index contributed by atoms with van der Waals surface area (Å²) in [5, 5.41) is 9.64. The Morgan fingerprint density at radius 1 is 1.18 bits per heavy atom. The van der Waals surface area contributed by atoms with Crippen LogP contribution in [0.5, 0.6) is 11.5 Å². The van der Waals surface area contributed by atoms with Crippen molar-refractivity contribution in [3.8, 4) is 11.5 Å². The Morgan fingerprint density at radius 3 is 2.67 bits per heavy atom. The molecule has 0 spiro atoms. The van der Waals surface area contributed by atoms with Crippen LogP contribution in [-0.2, 0) is 14.4 Å². The zero-order chi connectivity index (χ0) is 23.8. The minimum atomic E-state index is -0.830. The van der Waals surface area contributed by atoms with Crippen molar-refractivity contribution in [1.82, 2.24) is 10.7 Å². The lowest BCUT2D eigenvalue weighted by atomic mass is 10.2. The second-order valence-electron chi connectivity index (χ2n) is 7.06. The predicted molar refractivity (Wildman–Crippen MR) is 133 cm³/mol. The van der Waals surface area contributed by atoms with Gasteiger partial charge in [-0.3, -0.25) is 14.4 Å². The van der Waals surface area contributed by atoms with Gasteiger partial charge in [0.1, 0.15) is 0 Å². The highest BCUT2D eigenvalue weighted by atomic mass is 127. The lowest BCUT2D eigenvalue weighted by molar-refractivity contribution is -0.139. The monoisotopic (exact) mass is 584 g/mol. The number of hydrogen-bond donors (Lipinski definition) is 3. The van der Waals surface area contributed by atoms with E-state index in [-0.39, 0.29) is 18.6 Å². The summed E-state index contributed by atoms with van der Waals surface area (Å²) in [5.41, 5.74) is 3.38. The van der Waals surface area contributed by atoms with E-state index in [4.69, 9.17) is 21.1 Å². The van der Waals surface area contributed by atoms with E-state index in [1.54, 1.807) is 36.4 Å². The van der Waals surface area contributed by atoms with Gasteiger partial charge >= 0.3 is 11.8 Å². The third kappa shape index (κ3) is 7.90. The lowest BCUT2D eigenvalue weighted by Gasteiger charge is -2.14. The van der Waals surface area contributed by atoms with Gasteiger partial charge in [-0.15, -0.1) is 0 Å². The number of halogens is 2. The van der Waals surface area contributed by atoms with Gasteiger partial charge in [0, 0.05) is 16.8 Å². The van der Waals surface area contributed by atoms with Gasteiger partial charge in [0.05, 0.1) is 16.4 Å². The molecule has 2 aromatic rings. The number of amides is 3. The smallest absolute Gasteiger partial charge is 0.329 e. The van der Waals surface area contributed by atoms with Crippen LogP contribution in [0.2, 0.25) is 5.02 Å². The summed E-state index contributed by atoms with van der Waals surface area (Å²) < 4.78 is 12.0. The molecule has 1 saturated carbocycles. The van der Waals surface area contributed by atoms with Crippen molar-refractivity contribution in [2.75, 3.05) is 18.5 Å². The lowest BCUT2D eigenvalue weighted by Crippen LogP contribution is -2.38. The zero-order valence-electron chi connectivity index (χ0n) is 17.7. The number of carbonyl (C=O) groups excluding carboxylic acids is 3. The number of hydrazone groups is 1. The fourth-order valence-electron chi connectivity index (χ4n) is 2.66. The van der Waals surface area contributed by atoms with E-state index in [2.05, 4.69) is 43.8 Å². The molecule has 3 N–H and O–H groups in total. The number of carbonyl (C=O) groups is 3. The molecular formula is C22H22ClIN4O5. The van der Waals surface area contributed by atoms with Crippen molar-refractivity contribution in [2.24, 2.45) is 5.10 Å². The Labute approximate surface area is 209 Å². The van der Waals surface area contributed by atoms with Crippen LogP contribution in [0, 0.1) is 3.57 Å². The minimum absolute atomic E-state index is 0.0858. The van der Waals surface area contributed by atoms with Crippen LogP contribution in [0.25, 0.3) is 0 Å². The van der Waals surface area contributed by atoms with Crippen molar-refractivity contribution in [1.29, 1.82) is 0 Å². The van der Waals surface area contributed by atoms with Crippen LogP contribution in [0.15, 0.2) is 41.5 Å². The quantitative estimate of drug-likeness (QED) is 0.181. The molecule has 0 aliphatic heterocycles. The van der Waals surface area contributed by atoms with E-state index in [0.717, 1.165) is 12.8 Å². The van der Waals surface area contributed by atoms with Gasteiger partial charge in [0.25, 0.3) is 5.91 Å². The van der Waals surface area contributed by atoms with E-state index in [1.165, 1.54) is 6.21 Å². The number of nitrogens with one attached hydrogen (secondary N) is 3. The summed E-state index contributed by atoms with van der Waals surface area (Å²) in [5.74, 6) is -1.07. The molecule has 1 aliphatic rings. The second-order valence-corrected chi connectivity index (χ2v) is 8.66. The van der Waals surface area contributed by atoms with Crippen LogP contribution >= 0.6 is 34.2 Å². The Hall–Kier alpha value is -2.86. The highest BCUT2D eigenvalue weighted by Crippen LogP contribution is 2.34. The highest BCUT2D eigenvalue weighted by molar-refractivity contribution is 14.1. The molecule has 174 valence electrons. The largest absolute Gasteiger partial charge is 0.490 e. The normalized spacial score (nSPS) is 12.8. The number of nitrogens with zero attached hydrogens (tertiary/aromatic N) is 1. The summed E-state index contributed by atoms with van der Waals surface area (Å²) in [6, 6.07) is 10.3. The molecule has 0 radical (unpaired) electrons. The highest BCUT2D eigenvalue weighted by Gasteiger charge is 2.26. The van der Waals surface area contributed by atoms with Crippen molar-refractivity contribution < 1.29 is 23.9 Å². The van der Waals surface area contributed by atoms with Crippen LogP contribution in [0.1, 0.15) is 25.3 Å². The topological polar surface area (TPSA) is 118 Å². The van der Waals surface area contributed by atoms with Gasteiger partial charge in [0.2, 0.25) is 0 Å². The number of benzene rings is 2. The Bertz CT molecular complexity index is 1070. The number of ether oxygens (including phenoxy) is 2. The molecule has 3 amide bonds. The third-order valence-electron chi connectivity index (χ3n) is 4.29. The van der Waals surface area contributed by atoms with Crippen molar-refractivity contribution in [2.45, 2.75) is 25.8 Å². The Balaban J connectivity index is 1.61. The molecule has 0 aromatic heterocycles. The summed E-state index contributed by atoms with van der Waals surface area (Å²) in [4.78, 5) is 35.7. The zero-order valence-corrected chi connectivity index (χ0v) is 20.6. The average molecular weight is 585 g/mol. The summed E-state index contributed by atoms with van der Waals surface area (Å²) >= 11 is 7.98. The van der Waals surface area contributed by atoms with Crippen LogP contribution < -0.4 is 25.5 Å². The van der Waals surface area contributed by atoms with Crippen LogP contribution in [0.4, 0.5) is 5.69 Å². The molecule has 1 fully saturated rings. The molecule has 1 aliphatic carbocycles. The van der Waals surface area contributed by atoms with E-state index in [1.807, 2.05) is 6.92 Å². The SMILES string of the molecule is CCOc1cc(/C=N\NC(=O)C(=O)NC2CC2)cc(I)c1OCC(=O)Nc1cccc(Cl)c1. The maximum absolute atomic E-state index is 12.3.